The van der Waals surface area contributed by atoms with E-state index in [2.05, 4.69) is 10.6 Å². The number of hydrogen-bond donors (Lipinski definition) is 3. The molecule has 5 nitrogen and oxygen atoms in total. The standard InChI is InChI=1S/C9H20N2O3/c1-8(10-2)9(13)11-4-3-6-14-7-5-12/h8,10,12H,3-7H2,1-2H3,(H,11,13). The maximum Gasteiger partial charge on any atom is 0.236 e. The minimum absolute atomic E-state index is 0.00495. The second kappa shape index (κ2) is 8.93. The molecule has 0 fully saturated rings. The van der Waals surface area contributed by atoms with Gasteiger partial charge in [0, 0.05) is 13.2 Å². The average Bonchev–Trinajstić information content (AvgIpc) is 2.21. The van der Waals surface area contributed by atoms with Crippen LogP contribution in [0, 0.1) is 0 Å². The normalized spacial score (nSPS) is 12.5. The zero-order valence-electron chi connectivity index (χ0n) is 8.88. The lowest BCUT2D eigenvalue weighted by Crippen LogP contribution is -2.40. The third kappa shape index (κ3) is 6.82. The summed E-state index contributed by atoms with van der Waals surface area (Å²) in [7, 11) is 1.74. The zero-order valence-corrected chi connectivity index (χ0v) is 8.88. The van der Waals surface area contributed by atoms with Gasteiger partial charge < -0.3 is 20.5 Å². The van der Waals surface area contributed by atoms with Gasteiger partial charge >= 0.3 is 0 Å². The van der Waals surface area contributed by atoms with Crippen molar-refractivity contribution in [2.75, 3.05) is 33.4 Å². The van der Waals surface area contributed by atoms with Gasteiger partial charge in [0.15, 0.2) is 0 Å². The smallest absolute Gasteiger partial charge is 0.236 e. The highest BCUT2D eigenvalue weighted by molar-refractivity contribution is 5.81. The summed E-state index contributed by atoms with van der Waals surface area (Å²) >= 11 is 0. The SMILES string of the molecule is CNC(C)C(=O)NCCCOCCO. The molecule has 0 aliphatic rings. The van der Waals surface area contributed by atoms with Crippen LogP contribution in [0.25, 0.3) is 0 Å². The van der Waals surface area contributed by atoms with E-state index in [9.17, 15) is 4.79 Å². The van der Waals surface area contributed by atoms with Gasteiger partial charge in [-0.25, -0.2) is 0 Å². The molecule has 0 aromatic rings. The van der Waals surface area contributed by atoms with Crippen molar-refractivity contribution in [2.24, 2.45) is 0 Å². The van der Waals surface area contributed by atoms with Crippen LogP contribution in [0.2, 0.25) is 0 Å². The van der Waals surface area contributed by atoms with Crippen LogP contribution in [0.3, 0.4) is 0 Å². The van der Waals surface area contributed by atoms with Crippen molar-refractivity contribution >= 4 is 5.91 Å². The summed E-state index contributed by atoms with van der Waals surface area (Å²) in [5.74, 6) is -0.00495. The Morgan fingerprint density at radius 1 is 1.50 bits per heavy atom. The highest BCUT2D eigenvalue weighted by atomic mass is 16.5. The minimum Gasteiger partial charge on any atom is -0.394 e. The molecule has 0 spiro atoms. The molecule has 0 saturated carbocycles. The Balaban J connectivity index is 3.23. The number of carbonyl (C=O) groups is 1. The van der Waals surface area contributed by atoms with Gasteiger partial charge in [0.1, 0.15) is 0 Å². The molecule has 5 heteroatoms. The number of aliphatic hydroxyl groups is 1. The Morgan fingerprint density at radius 2 is 2.21 bits per heavy atom. The number of nitrogens with one attached hydrogen (secondary N) is 2. The third-order valence-corrected chi connectivity index (χ3v) is 1.83. The van der Waals surface area contributed by atoms with Gasteiger partial charge in [-0.2, -0.15) is 0 Å². The molecular formula is C9H20N2O3. The van der Waals surface area contributed by atoms with Gasteiger partial charge in [-0.05, 0) is 20.4 Å². The molecule has 0 bridgehead atoms. The lowest BCUT2D eigenvalue weighted by atomic mass is 10.3. The molecule has 1 amide bonds. The molecular weight excluding hydrogens is 184 g/mol. The van der Waals surface area contributed by atoms with Crippen molar-refractivity contribution in [1.82, 2.24) is 10.6 Å². The Kier molecular flexibility index (Phi) is 8.51. The fourth-order valence-corrected chi connectivity index (χ4v) is 0.837. The van der Waals surface area contributed by atoms with Gasteiger partial charge in [0.2, 0.25) is 5.91 Å². The van der Waals surface area contributed by atoms with E-state index < -0.39 is 0 Å². The number of aliphatic hydroxyl groups excluding tert-OH is 1. The highest BCUT2D eigenvalue weighted by Gasteiger charge is 2.07. The summed E-state index contributed by atoms with van der Waals surface area (Å²) in [6, 6.07) is -0.159. The van der Waals surface area contributed by atoms with Crippen molar-refractivity contribution in [3.63, 3.8) is 0 Å². The molecule has 1 unspecified atom stereocenters. The summed E-state index contributed by atoms with van der Waals surface area (Å²) in [6.07, 6.45) is 0.766. The molecule has 0 saturated heterocycles. The maximum atomic E-state index is 11.2. The van der Waals surface area contributed by atoms with Crippen LogP contribution in [0.5, 0.6) is 0 Å². The van der Waals surface area contributed by atoms with E-state index in [1.165, 1.54) is 0 Å². The molecule has 0 aliphatic carbocycles. The molecule has 0 aromatic carbocycles. The van der Waals surface area contributed by atoms with Crippen molar-refractivity contribution in [1.29, 1.82) is 0 Å². The molecule has 0 heterocycles. The molecule has 0 rings (SSSR count). The first-order chi connectivity index (χ1) is 6.72. The van der Waals surface area contributed by atoms with Gasteiger partial charge in [-0.15, -0.1) is 0 Å². The molecule has 3 N–H and O–H groups in total. The van der Waals surface area contributed by atoms with Crippen molar-refractivity contribution in [2.45, 2.75) is 19.4 Å². The number of carbonyl (C=O) groups excluding carboxylic acids is 1. The Bertz CT molecular complexity index is 153. The van der Waals surface area contributed by atoms with Crippen LogP contribution in [0.15, 0.2) is 0 Å². The van der Waals surface area contributed by atoms with E-state index >= 15 is 0 Å². The first kappa shape index (κ1) is 13.4. The number of ether oxygens (including phenoxy) is 1. The van der Waals surface area contributed by atoms with Gasteiger partial charge in [0.25, 0.3) is 0 Å². The Labute approximate surface area is 84.8 Å². The van der Waals surface area contributed by atoms with Crippen molar-refractivity contribution in [3.05, 3.63) is 0 Å². The molecule has 14 heavy (non-hydrogen) atoms. The molecule has 0 radical (unpaired) electrons. The van der Waals surface area contributed by atoms with Crippen LogP contribution in [-0.4, -0.2) is 50.5 Å². The summed E-state index contributed by atoms with van der Waals surface area (Å²) in [5, 5.41) is 14.0. The number of hydrogen-bond acceptors (Lipinski definition) is 4. The zero-order chi connectivity index (χ0) is 10.8. The topological polar surface area (TPSA) is 70.6 Å². The number of rotatable bonds is 8. The first-order valence-corrected chi connectivity index (χ1v) is 4.86. The Morgan fingerprint density at radius 3 is 2.79 bits per heavy atom. The second-order valence-corrected chi connectivity index (χ2v) is 2.99. The van der Waals surface area contributed by atoms with E-state index in [-0.39, 0.29) is 18.6 Å². The largest absolute Gasteiger partial charge is 0.394 e. The Hall–Kier alpha value is -0.650. The fourth-order valence-electron chi connectivity index (χ4n) is 0.837. The molecule has 1 atom stereocenters. The summed E-state index contributed by atoms with van der Waals surface area (Å²) < 4.78 is 5.03. The van der Waals surface area contributed by atoms with E-state index in [4.69, 9.17) is 9.84 Å². The summed E-state index contributed by atoms with van der Waals surface area (Å²) in [4.78, 5) is 11.2. The van der Waals surface area contributed by atoms with E-state index in [0.717, 1.165) is 6.42 Å². The second-order valence-electron chi connectivity index (χ2n) is 2.99. The van der Waals surface area contributed by atoms with Gasteiger partial charge in [-0.3, -0.25) is 4.79 Å². The first-order valence-electron chi connectivity index (χ1n) is 4.86. The molecule has 0 aliphatic heterocycles. The molecule has 0 aromatic heterocycles. The van der Waals surface area contributed by atoms with Crippen molar-refractivity contribution in [3.8, 4) is 0 Å². The summed E-state index contributed by atoms with van der Waals surface area (Å²) in [5.41, 5.74) is 0. The highest BCUT2D eigenvalue weighted by Crippen LogP contribution is 1.83. The fraction of sp³-hybridized carbons (Fsp3) is 0.889. The average molecular weight is 204 g/mol. The number of amides is 1. The van der Waals surface area contributed by atoms with Crippen LogP contribution in [0.4, 0.5) is 0 Å². The predicted octanol–water partition coefficient (Wildman–Crippen LogP) is -0.890. The van der Waals surface area contributed by atoms with Crippen LogP contribution < -0.4 is 10.6 Å². The minimum atomic E-state index is -0.159. The molecule has 84 valence electrons. The van der Waals surface area contributed by atoms with Crippen LogP contribution in [0.1, 0.15) is 13.3 Å². The predicted molar refractivity (Wildman–Crippen MR) is 54.1 cm³/mol. The monoisotopic (exact) mass is 204 g/mol. The number of likely N-dealkylation sites (N-methyl/N-ethyl adjacent to an activating group) is 1. The quantitative estimate of drug-likeness (QED) is 0.449. The van der Waals surface area contributed by atoms with Crippen LogP contribution in [-0.2, 0) is 9.53 Å². The summed E-state index contributed by atoms with van der Waals surface area (Å²) in [6.45, 7) is 3.38. The lowest BCUT2D eigenvalue weighted by Gasteiger charge is -2.10. The van der Waals surface area contributed by atoms with E-state index in [0.29, 0.717) is 19.8 Å². The maximum absolute atomic E-state index is 11.2. The van der Waals surface area contributed by atoms with E-state index in [1.54, 1.807) is 14.0 Å². The van der Waals surface area contributed by atoms with Crippen molar-refractivity contribution < 1.29 is 14.6 Å². The lowest BCUT2D eigenvalue weighted by molar-refractivity contribution is -0.122. The van der Waals surface area contributed by atoms with Gasteiger partial charge in [0.05, 0.1) is 19.3 Å². The van der Waals surface area contributed by atoms with Crippen LogP contribution >= 0.6 is 0 Å². The third-order valence-electron chi connectivity index (χ3n) is 1.83. The van der Waals surface area contributed by atoms with Gasteiger partial charge in [-0.1, -0.05) is 0 Å². The van der Waals surface area contributed by atoms with E-state index in [1.807, 2.05) is 0 Å².